The third-order valence-corrected chi connectivity index (χ3v) is 4.82. The van der Waals surface area contributed by atoms with E-state index in [0.717, 1.165) is 5.56 Å². The van der Waals surface area contributed by atoms with E-state index in [0.29, 0.717) is 0 Å². The summed E-state index contributed by atoms with van der Waals surface area (Å²) in [5, 5.41) is 20.1. The van der Waals surface area contributed by atoms with Gasteiger partial charge in [-0.1, -0.05) is 66.2 Å². The van der Waals surface area contributed by atoms with Crippen molar-refractivity contribution in [1.29, 1.82) is 0 Å². The van der Waals surface area contributed by atoms with Gasteiger partial charge in [-0.25, -0.2) is 14.4 Å². The van der Waals surface area contributed by atoms with Crippen LogP contribution in [0.2, 0.25) is 0 Å². The van der Waals surface area contributed by atoms with Crippen molar-refractivity contribution in [1.82, 2.24) is 0 Å². The molecule has 0 aliphatic rings. The molecule has 33 heavy (non-hydrogen) atoms. The van der Waals surface area contributed by atoms with Crippen LogP contribution in [0.15, 0.2) is 84.9 Å². The van der Waals surface area contributed by atoms with E-state index in [9.17, 15) is 29.4 Å². The van der Waals surface area contributed by atoms with Crippen LogP contribution >= 0.6 is 0 Å². The number of rotatable bonds is 9. The highest BCUT2D eigenvalue weighted by Crippen LogP contribution is 2.29. The zero-order valence-electron chi connectivity index (χ0n) is 17.5. The quantitative estimate of drug-likeness (QED) is 0.290. The Balaban J connectivity index is 2.16. The van der Waals surface area contributed by atoms with Crippen molar-refractivity contribution in [3.8, 4) is 5.75 Å². The molecule has 2 N–H and O–H groups in total. The first-order valence-corrected chi connectivity index (χ1v) is 9.83. The van der Waals surface area contributed by atoms with Gasteiger partial charge in [0.2, 0.25) is 5.78 Å². The number of carboxylic acid groups (broad SMARTS) is 2. The van der Waals surface area contributed by atoms with E-state index in [1.165, 1.54) is 60.7 Å². The second-order valence-corrected chi connectivity index (χ2v) is 7.14. The molecule has 0 aromatic heterocycles. The number of carbonyl (C=O) groups excluding carboxylic acids is 2. The SMILES string of the molecule is Cc1ccc(OC(C(=O)O)C(OC(=O)c2ccccc2)(C(=O)O)C(=O)c2ccccc2)cc1. The number of ketones is 1. The molecule has 3 aromatic carbocycles. The van der Waals surface area contributed by atoms with Gasteiger partial charge in [0.1, 0.15) is 5.75 Å². The monoisotopic (exact) mass is 448 g/mol. The summed E-state index contributed by atoms with van der Waals surface area (Å²) in [7, 11) is 0. The third kappa shape index (κ3) is 4.90. The molecule has 3 rings (SSSR count). The van der Waals surface area contributed by atoms with Crippen LogP contribution in [0, 0.1) is 6.92 Å². The van der Waals surface area contributed by atoms with Crippen molar-refractivity contribution in [3.05, 3.63) is 102 Å². The molecule has 0 fully saturated rings. The van der Waals surface area contributed by atoms with Gasteiger partial charge in [0.25, 0.3) is 6.10 Å². The van der Waals surface area contributed by atoms with E-state index in [1.54, 1.807) is 31.2 Å². The van der Waals surface area contributed by atoms with Gasteiger partial charge in [-0.15, -0.1) is 0 Å². The Hall–Kier alpha value is -4.46. The van der Waals surface area contributed by atoms with Crippen LogP contribution in [-0.2, 0) is 14.3 Å². The summed E-state index contributed by atoms with van der Waals surface area (Å²) >= 11 is 0. The van der Waals surface area contributed by atoms with Gasteiger partial charge in [-0.05, 0) is 31.2 Å². The number of aryl methyl sites for hydroxylation is 1. The molecule has 0 radical (unpaired) electrons. The summed E-state index contributed by atoms with van der Waals surface area (Å²) in [5.74, 6) is -6.25. The van der Waals surface area contributed by atoms with Crippen molar-refractivity contribution in [2.75, 3.05) is 0 Å². The number of carbonyl (C=O) groups is 4. The number of esters is 1. The molecule has 8 heteroatoms. The highest BCUT2D eigenvalue weighted by Gasteiger charge is 2.62. The lowest BCUT2D eigenvalue weighted by atomic mass is 9.86. The molecule has 168 valence electrons. The zero-order chi connectivity index (χ0) is 24.0. The van der Waals surface area contributed by atoms with Crippen molar-refractivity contribution < 1.29 is 38.9 Å². The van der Waals surface area contributed by atoms with Crippen LogP contribution in [0.4, 0.5) is 0 Å². The fourth-order valence-electron chi connectivity index (χ4n) is 3.12. The molecule has 8 nitrogen and oxygen atoms in total. The Bertz CT molecular complexity index is 1160. The number of Topliss-reactive ketones (excluding diaryl/α,β-unsaturated/α-hetero) is 1. The van der Waals surface area contributed by atoms with Gasteiger partial charge in [0.15, 0.2) is 0 Å². The Morgan fingerprint density at radius 3 is 1.76 bits per heavy atom. The second-order valence-electron chi connectivity index (χ2n) is 7.14. The lowest BCUT2D eigenvalue weighted by molar-refractivity contribution is -0.173. The smallest absolute Gasteiger partial charge is 0.361 e. The Labute approximate surface area is 189 Å². The Morgan fingerprint density at radius 2 is 1.27 bits per heavy atom. The van der Waals surface area contributed by atoms with E-state index in [4.69, 9.17) is 9.47 Å². The standard InChI is InChI=1S/C25H20O8/c1-16-12-14-19(15-13-16)32-21(22(27)28)25(24(30)31,20(26)17-8-4-2-5-9-17)33-23(29)18-10-6-3-7-11-18/h2-15,21H,1H3,(H,27,28)(H,30,31). The number of hydrogen-bond acceptors (Lipinski definition) is 6. The molecule has 0 spiro atoms. The highest BCUT2D eigenvalue weighted by molar-refractivity contribution is 6.19. The summed E-state index contributed by atoms with van der Waals surface area (Å²) in [6, 6.07) is 20.5. The largest absolute Gasteiger partial charge is 0.478 e. The van der Waals surface area contributed by atoms with Crippen LogP contribution in [-0.4, -0.2) is 45.6 Å². The summed E-state index contributed by atoms with van der Waals surface area (Å²) in [5.41, 5.74) is -2.61. The van der Waals surface area contributed by atoms with Crippen LogP contribution in [0.25, 0.3) is 0 Å². The maximum absolute atomic E-state index is 13.5. The fraction of sp³-hybridized carbons (Fsp3) is 0.120. The number of benzene rings is 3. The summed E-state index contributed by atoms with van der Waals surface area (Å²) in [6.07, 6.45) is -2.39. The molecule has 0 heterocycles. The first kappa shape index (κ1) is 23.2. The molecule has 2 atom stereocenters. The van der Waals surface area contributed by atoms with E-state index in [-0.39, 0.29) is 16.9 Å². The Kier molecular flexibility index (Phi) is 6.88. The molecule has 3 aromatic rings. The third-order valence-electron chi connectivity index (χ3n) is 4.82. The van der Waals surface area contributed by atoms with Crippen LogP contribution in [0.5, 0.6) is 5.75 Å². The fourth-order valence-corrected chi connectivity index (χ4v) is 3.12. The molecule has 2 unspecified atom stereocenters. The molecule has 0 saturated carbocycles. The average Bonchev–Trinajstić information content (AvgIpc) is 2.82. The highest BCUT2D eigenvalue weighted by atomic mass is 16.6. The maximum Gasteiger partial charge on any atom is 0.361 e. The van der Waals surface area contributed by atoms with Crippen molar-refractivity contribution >= 4 is 23.7 Å². The molecule has 0 saturated heterocycles. The predicted molar refractivity (Wildman–Crippen MR) is 116 cm³/mol. The van der Waals surface area contributed by atoms with Crippen molar-refractivity contribution in [2.24, 2.45) is 0 Å². The second kappa shape index (κ2) is 9.78. The van der Waals surface area contributed by atoms with Gasteiger partial charge < -0.3 is 19.7 Å². The van der Waals surface area contributed by atoms with E-state index in [1.807, 2.05) is 0 Å². The van der Waals surface area contributed by atoms with E-state index in [2.05, 4.69) is 0 Å². The minimum atomic E-state index is -3.22. The molecular weight excluding hydrogens is 428 g/mol. The van der Waals surface area contributed by atoms with Gasteiger partial charge in [0.05, 0.1) is 5.56 Å². The van der Waals surface area contributed by atoms with Gasteiger partial charge in [-0.3, -0.25) is 4.79 Å². The lowest BCUT2D eigenvalue weighted by Gasteiger charge is -2.33. The van der Waals surface area contributed by atoms with Crippen LogP contribution in [0.3, 0.4) is 0 Å². The molecule has 0 aliphatic carbocycles. The van der Waals surface area contributed by atoms with Crippen molar-refractivity contribution in [3.63, 3.8) is 0 Å². The maximum atomic E-state index is 13.5. The van der Waals surface area contributed by atoms with Crippen molar-refractivity contribution in [2.45, 2.75) is 18.6 Å². The minimum absolute atomic E-state index is 0.0183. The van der Waals surface area contributed by atoms with Gasteiger partial charge >= 0.3 is 23.5 Å². The van der Waals surface area contributed by atoms with Gasteiger partial charge in [0, 0.05) is 5.56 Å². The van der Waals surface area contributed by atoms with Crippen LogP contribution < -0.4 is 4.74 Å². The molecule has 0 amide bonds. The van der Waals surface area contributed by atoms with E-state index >= 15 is 0 Å². The molecule has 0 aliphatic heterocycles. The lowest BCUT2D eigenvalue weighted by Crippen LogP contribution is -2.63. The first-order valence-electron chi connectivity index (χ1n) is 9.83. The predicted octanol–water partition coefficient (Wildman–Crippen LogP) is 3.39. The summed E-state index contributed by atoms with van der Waals surface area (Å²) in [4.78, 5) is 51.1. The minimum Gasteiger partial charge on any atom is -0.478 e. The number of aliphatic carboxylic acids is 2. The van der Waals surface area contributed by atoms with Crippen LogP contribution in [0.1, 0.15) is 26.3 Å². The average molecular weight is 448 g/mol. The molecular formula is C25H20O8. The molecule has 0 bridgehead atoms. The van der Waals surface area contributed by atoms with Gasteiger partial charge in [-0.2, -0.15) is 0 Å². The number of ether oxygens (including phenoxy) is 2. The number of hydrogen-bond donors (Lipinski definition) is 2. The Morgan fingerprint density at radius 1 is 0.758 bits per heavy atom. The van der Waals surface area contributed by atoms with E-state index < -0.39 is 35.4 Å². The summed E-state index contributed by atoms with van der Waals surface area (Å²) in [6.45, 7) is 1.79. The topological polar surface area (TPSA) is 127 Å². The summed E-state index contributed by atoms with van der Waals surface area (Å²) < 4.78 is 10.7. The first-order chi connectivity index (χ1) is 15.8. The normalized spacial score (nSPS) is 13.2. The number of carboxylic acids is 2. The zero-order valence-corrected chi connectivity index (χ0v) is 17.5.